The number of aryl methyl sites for hydroxylation is 2. The normalized spacial score (nSPS) is 11.7. The van der Waals surface area contributed by atoms with Crippen LogP contribution in [-0.2, 0) is 14.3 Å². The molecule has 0 unspecified atom stereocenters. The SMILES string of the molecule is Cc1cccc(C)c1NC(=O)[C@H](C)OC(=O)COc1ccc(Cl)c2ccccc12. The van der Waals surface area contributed by atoms with E-state index in [1.54, 1.807) is 12.1 Å². The number of anilines is 1. The molecule has 0 aliphatic heterocycles. The fraction of sp³-hybridized carbons (Fsp3) is 0.217. The number of esters is 1. The molecule has 0 aliphatic carbocycles. The summed E-state index contributed by atoms with van der Waals surface area (Å²) in [4.78, 5) is 24.6. The number of carbonyl (C=O) groups is 2. The number of ether oxygens (including phenoxy) is 2. The van der Waals surface area contributed by atoms with Gasteiger partial charge in [-0.1, -0.05) is 54.1 Å². The molecule has 150 valence electrons. The minimum Gasteiger partial charge on any atom is -0.481 e. The predicted molar refractivity (Wildman–Crippen MR) is 115 cm³/mol. The zero-order valence-corrected chi connectivity index (χ0v) is 17.2. The summed E-state index contributed by atoms with van der Waals surface area (Å²) in [7, 11) is 0. The lowest BCUT2D eigenvalue weighted by Gasteiger charge is -2.16. The summed E-state index contributed by atoms with van der Waals surface area (Å²) in [6.07, 6.45) is -0.952. The molecule has 0 aliphatic rings. The van der Waals surface area contributed by atoms with E-state index in [9.17, 15) is 9.59 Å². The van der Waals surface area contributed by atoms with Crippen LogP contribution in [0, 0.1) is 13.8 Å². The standard InChI is InChI=1S/C23H22ClNO4/c1-14-7-6-8-15(2)22(14)25-23(27)16(3)29-21(26)13-28-20-12-11-19(24)17-9-4-5-10-18(17)20/h4-12,16H,13H2,1-3H3,(H,25,27)/t16-/m0/s1. The molecule has 6 heteroatoms. The fourth-order valence-electron chi connectivity index (χ4n) is 3.02. The van der Waals surface area contributed by atoms with Gasteiger partial charge in [0.15, 0.2) is 12.7 Å². The maximum atomic E-state index is 12.4. The van der Waals surface area contributed by atoms with Gasteiger partial charge in [0.2, 0.25) is 0 Å². The topological polar surface area (TPSA) is 64.6 Å². The number of fused-ring (bicyclic) bond motifs is 1. The van der Waals surface area contributed by atoms with Crippen LogP contribution in [0.1, 0.15) is 18.1 Å². The average molecular weight is 412 g/mol. The van der Waals surface area contributed by atoms with Crippen LogP contribution in [0.15, 0.2) is 54.6 Å². The maximum Gasteiger partial charge on any atom is 0.344 e. The van der Waals surface area contributed by atoms with Crippen LogP contribution in [0.25, 0.3) is 10.8 Å². The van der Waals surface area contributed by atoms with E-state index in [2.05, 4.69) is 5.32 Å². The minimum absolute atomic E-state index is 0.313. The monoisotopic (exact) mass is 411 g/mol. The third kappa shape index (κ3) is 4.87. The summed E-state index contributed by atoms with van der Waals surface area (Å²) in [5.41, 5.74) is 2.61. The first-order chi connectivity index (χ1) is 13.9. The van der Waals surface area contributed by atoms with Crippen LogP contribution >= 0.6 is 11.6 Å². The fourth-order valence-corrected chi connectivity index (χ4v) is 3.25. The van der Waals surface area contributed by atoms with E-state index in [1.807, 2.05) is 56.3 Å². The molecule has 3 aromatic rings. The van der Waals surface area contributed by atoms with Crippen molar-refractivity contribution in [2.24, 2.45) is 0 Å². The number of nitrogens with one attached hydrogen (secondary N) is 1. The zero-order valence-electron chi connectivity index (χ0n) is 16.5. The third-order valence-corrected chi connectivity index (χ3v) is 4.91. The van der Waals surface area contributed by atoms with E-state index in [4.69, 9.17) is 21.1 Å². The van der Waals surface area contributed by atoms with Crippen LogP contribution in [-0.4, -0.2) is 24.6 Å². The maximum absolute atomic E-state index is 12.4. The van der Waals surface area contributed by atoms with Gasteiger partial charge >= 0.3 is 5.97 Å². The number of para-hydroxylation sites is 1. The first-order valence-corrected chi connectivity index (χ1v) is 9.61. The van der Waals surface area contributed by atoms with Crippen LogP contribution < -0.4 is 10.1 Å². The summed E-state index contributed by atoms with van der Waals surface area (Å²) in [6, 6.07) is 16.6. The molecule has 0 heterocycles. The number of halogens is 1. The van der Waals surface area contributed by atoms with Crippen molar-refractivity contribution in [3.63, 3.8) is 0 Å². The molecule has 0 fully saturated rings. The van der Waals surface area contributed by atoms with E-state index in [0.717, 1.165) is 27.6 Å². The molecule has 1 atom stereocenters. The molecule has 3 aromatic carbocycles. The van der Waals surface area contributed by atoms with Crippen LogP contribution in [0.2, 0.25) is 5.02 Å². The van der Waals surface area contributed by atoms with Crippen LogP contribution in [0.3, 0.4) is 0 Å². The van der Waals surface area contributed by atoms with Crippen molar-refractivity contribution in [1.29, 1.82) is 0 Å². The highest BCUT2D eigenvalue weighted by Crippen LogP contribution is 2.31. The predicted octanol–water partition coefficient (Wildman–Crippen LogP) is 5.06. The van der Waals surface area contributed by atoms with Crippen molar-refractivity contribution in [2.75, 3.05) is 11.9 Å². The van der Waals surface area contributed by atoms with Gasteiger partial charge in [0.1, 0.15) is 5.75 Å². The summed E-state index contributed by atoms with van der Waals surface area (Å²) in [6.45, 7) is 5.03. The van der Waals surface area contributed by atoms with Gasteiger partial charge in [0.25, 0.3) is 5.91 Å². The highest BCUT2D eigenvalue weighted by molar-refractivity contribution is 6.35. The Kier molecular flexibility index (Phi) is 6.39. The van der Waals surface area contributed by atoms with Crippen molar-refractivity contribution in [2.45, 2.75) is 26.9 Å². The number of hydrogen-bond acceptors (Lipinski definition) is 4. The molecular formula is C23H22ClNO4. The third-order valence-electron chi connectivity index (χ3n) is 4.58. The molecule has 3 rings (SSSR count). The molecule has 0 radical (unpaired) electrons. The molecule has 1 N–H and O–H groups in total. The number of rotatable bonds is 6. The Morgan fingerprint density at radius 3 is 2.31 bits per heavy atom. The molecule has 1 amide bonds. The van der Waals surface area contributed by atoms with Gasteiger partial charge in [0.05, 0.1) is 0 Å². The van der Waals surface area contributed by atoms with Gasteiger partial charge in [-0.05, 0) is 44.0 Å². The van der Waals surface area contributed by atoms with Crippen LogP contribution in [0.4, 0.5) is 5.69 Å². The number of hydrogen-bond donors (Lipinski definition) is 1. The molecule has 0 saturated carbocycles. The molecule has 29 heavy (non-hydrogen) atoms. The molecular weight excluding hydrogens is 390 g/mol. The van der Waals surface area contributed by atoms with Gasteiger partial charge in [-0.15, -0.1) is 0 Å². The average Bonchev–Trinajstić information content (AvgIpc) is 2.70. The van der Waals surface area contributed by atoms with Crippen molar-refractivity contribution in [1.82, 2.24) is 0 Å². The Labute approximate surface area is 174 Å². The molecule has 5 nitrogen and oxygen atoms in total. The molecule has 0 aromatic heterocycles. The van der Waals surface area contributed by atoms with Gasteiger partial charge in [0, 0.05) is 21.5 Å². The number of amides is 1. The Morgan fingerprint density at radius 1 is 0.966 bits per heavy atom. The van der Waals surface area contributed by atoms with Crippen molar-refractivity contribution in [3.8, 4) is 5.75 Å². The van der Waals surface area contributed by atoms with Gasteiger partial charge in [-0.2, -0.15) is 0 Å². The second-order valence-electron chi connectivity index (χ2n) is 6.77. The number of benzene rings is 3. The molecule has 0 saturated heterocycles. The summed E-state index contributed by atoms with van der Waals surface area (Å²) >= 11 is 6.19. The Balaban J connectivity index is 1.60. The van der Waals surface area contributed by atoms with Crippen molar-refractivity contribution < 1.29 is 19.1 Å². The van der Waals surface area contributed by atoms with Crippen molar-refractivity contribution >= 4 is 39.9 Å². The highest BCUT2D eigenvalue weighted by atomic mass is 35.5. The first kappa shape index (κ1) is 20.7. The van der Waals surface area contributed by atoms with Crippen LogP contribution in [0.5, 0.6) is 5.75 Å². The second kappa shape index (κ2) is 8.97. The van der Waals surface area contributed by atoms with Gasteiger partial charge in [-0.3, -0.25) is 4.79 Å². The quantitative estimate of drug-likeness (QED) is 0.576. The van der Waals surface area contributed by atoms with Crippen molar-refractivity contribution in [3.05, 3.63) is 70.7 Å². The summed E-state index contributed by atoms with van der Waals surface area (Å²) < 4.78 is 10.8. The highest BCUT2D eigenvalue weighted by Gasteiger charge is 2.20. The summed E-state index contributed by atoms with van der Waals surface area (Å²) in [5, 5.41) is 5.05. The Bertz CT molecular complexity index is 1040. The second-order valence-corrected chi connectivity index (χ2v) is 7.18. The van der Waals surface area contributed by atoms with Gasteiger partial charge < -0.3 is 14.8 Å². The smallest absolute Gasteiger partial charge is 0.344 e. The van der Waals surface area contributed by atoms with E-state index >= 15 is 0 Å². The summed E-state index contributed by atoms with van der Waals surface area (Å²) in [5.74, 6) is -0.504. The first-order valence-electron chi connectivity index (χ1n) is 9.23. The lowest BCUT2D eigenvalue weighted by atomic mass is 10.1. The number of carbonyl (C=O) groups excluding carboxylic acids is 2. The van der Waals surface area contributed by atoms with E-state index in [-0.39, 0.29) is 6.61 Å². The van der Waals surface area contributed by atoms with E-state index in [1.165, 1.54) is 6.92 Å². The molecule has 0 bridgehead atoms. The van der Waals surface area contributed by atoms with E-state index < -0.39 is 18.0 Å². The zero-order chi connectivity index (χ0) is 21.0. The lowest BCUT2D eigenvalue weighted by Crippen LogP contribution is -2.32. The van der Waals surface area contributed by atoms with Gasteiger partial charge in [-0.25, -0.2) is 4.79 Å². The Morgan fingerprint density at radius 2 is 1.62 bits per heavy atom. The Hall–Kier alpha value is -3.05. The minimum atomic E-state index is -0.952. The lowest BCUT2D eigenvalue weighted by molar-refractivity contribution is -0.155. The largest absolute Gasteiger partial charge is 0.481 e. The van der Waals surface area contributed by atoms with E-state index in [0.29, 0.717) is 10.8 Å². The molecule has 0 spiro atoms.